The SMILES string of the molecule is Cc1ccc2nc(NC(=S)NCc3ccccc3)sc2c1. The first-order valence-electron chi connectivity index (χ1n) is 6.67. The molecule has 21 heavy (non-hydrogen) atoms. The molecule has 0 aliphatic carbocycles. The van der Waals surface area contributed by atoms with Crippen LogP contribution < -0.4 is 10.6 Å². The molecule has 1 aromatic heterocycles. The predicted molar refractivity (Wildman–Crippen MR) is 93.9 cm³/mol. The topological polar surface area (TPSA) is 37.0 Å². The fourth-order valence-electron chi connectivity index (χ4n) is 2.00. The molecule has 0 unspecified atom stereocenters. The molecule has 0 atom stereocenters. The summed E-state index contributed by atoms with van der Waals surface area (Å²) in [6, 6.07) is 16.4. The molecule has 0 saturated heterocycles. The van der Waals surface area contributed by atoms with Crippen molar-refractivity contribution in [2.24, 2.45) is 0 Å². The number of rotatable bonds is 3. The van der Waals surface area contributed by atoms with Gasteiger partial charge in [0.05, 0.1) is 10.2 Å². The lowest BCUT2D eigenvalue weighted by atomic mass is 10.2. The number of nitrogens with one attached hydrogen (secondary N) is 2. The van der Waals surface area contributed by atoms with Crippen molar-refractivity contribution in [1.82, 2.24) is 10.3 Å². The van der Waals surface area contributed by atoms with Crippen LogP contribution in [0.1, 0.15) is 11.1 Å². The number of thiazole rings is 1. The second-order valence-corrected chi connectivity index (χ2v) is 6.22. The molecule has 0 fully saturated rings. The van der Waals surface area contributed by atoms with Crippen molar-refractivity contribution in [1.29, 1.82) is 0 Å². The number of aromatic nitrogens is 1. The van der Waals surface area contributed by atoms with Gasteiger partial charge in [0.25, 0.3) is 0 Å². The summed E-state index contributed by atoms with van der Waals surface area (Å²) in [5, 5.41) is 7.75. The fraction of sp³-hybridized carbons (Fsp3) is 0.125. The van der Waals surface area contributed by atoms with Gasteiger partial charge in [-0.1, -0.05) is 47.7 Å². The molecule has 0 saturated carbocycles. The number of hydrogen-bond acceptors (Lipinski definition) is 3. The van der Waals surface area contributed by atoms with Crippen molar-refractivity contribution in [2.75, 3.05) is 5.32 Å². The number of thiocarbonyl (C=S) groups is 1. The molecule has 0 spiro atoms. The third-order valence-corrected chi connectivity index (χ3v) is 4.24. The van der Waals surface area contributed by atoms with E-state index in [1.807, 2.05) is 24.3 Å². The van der Waals surface area contributed by atoms with Gasteiger partial charge in [0.2, 0.25) is 0 Å². The predicted octanol–water partition coefficient (Wildman–Crippen LogP) is 4.09. The normalized spacial score (nSPS) is 10.5. The number of fused-ring (bicyclic) bond motifs is 1. The number of hydrogen-bond donors (Lipinski definition) is 2. The molecule has 2 N–H and O–H groups in total. The molecule has 106 valence electrons. The Labute approximate surface area is 133 Å². The lowest BCUT2D eigenvalue weighted by Crippen LogP contribution is -2.27. The van der Waals surface area contributed by atoms with Crippen LogP contribution in [0.2, 0.25) is 0 Å². The van der Waals surface area contributed by atoms with E-state index in [0.29, 0.717) is 11.7 Å². The average molecular weight is 313 g/mol. The van der Waals surface area contributed by atoms with Crippen LogP contribution in [0.4, 0.5) is 5.13 Å². The van der Waals surface area contributed by atoms with Gasteiger partial charge in [0, 0.05) is 6.54 Å². The molecule has 0 radical (unpaired) electrons. The molecule has 0 bridgehead atoms. The van der Waals surface area contributed by atoms with Crippen LogP contribution >= 0.6 is 23.6 Å². The number of aryl methyl sites for hydroxylation is 1. The third kappa shape index (κ3) is 3.56. The van der Waals surface area contributed by atoms with E-state index in [1.165, 1.54) is 15.8 Å². The molecule has 3 nitrogen and oxygen atoms in total. The number of anilines is 1. The summed E-state index contributed by atoms with van der Waals surface area (Å²) < 4.78 is 1.17. The summed E-state index contributed by atoms with van der Waals surface area (Å²) >= 11 is 6.92. The zero-order valence-corrected chi connectivity index (χ0v) is 13.2. The first-order valence-corrected chi connectivity index (χ1v) is 7.89. The van der Waals surface area contributed by atoms with Crippen LogP contribution in [-0.2, 0) is 6.54 Å². The molecular formula is C16H15N3S2. The first-order chi connectivity index (χ1) is 10.2. The van der Waals surface area contributed by atoms with E-state index in [4.69, 9.17) is 12.2 Å². The van der Waals surface area contributed by atoms with Crippen LogP contribution in [0.25, 0.3) is 10.2 Å². The molecule has 3 rings (SSSR count). The standard InChI is InChI=1S/C16H15N3S2/c1-11-7-8-13-14(9-11)21-16(18-13)19-15(20)17-10-12-5-3-2-4-6-12/h2-9H,10H2,1H3,(H2,17,18,19,20). The Bertz CT molecular complexity index is 766. The van der Waals surface area contributed by atoms with E-state index >= 15 is 0 Å². The van der Waals surface area contributed by atoms with Gasteiger partial charge in [-0.05, 0) is 42.4 Å². The van der Waals surface area contributed by atoms with E-state index in [0.717, 1.165) is 10.6 Å². The highest BCUT2D eigenvalue weighted by atomic mass is 32.1. The van der Waals surface area contributed by atoms with Crippen LogP contribution in [-0.4, -0.2) is 10.1 Å². The smallest absolute Gasteiger partial charge is 0.190 e. The van der Waals surface area contributed by atoms with Gasteiger partial charge in [-0.2, -0.15) is 0 Å². The minimum Gasteiger partial charge on any atom is -0.358 e. The summed E-state index contributed by atoms with van der Waals surface area (Å²) in [6.45, 7) is 2.79. The lowest BCUT2D eigenvalue weighted by Gasteiger charge is -2.07. The zero-order valence-electron chi connectivity index (χ0n) is 11.6. The number of benzene rings is 2. The molecule has 5 heteroatoms. The van der Waals surface area contributed by atoms with Gasteiger partial charge in [-0.3, -0.25) is 0 Å². The minimum atomic E-state index is 0.592. The summed E-state index contributed by atoms with van der Waals surface area (Å²) in [5.41, 5.74) is 3.43. The van der Waals surface area contributed by atoms with Gasteiger partial charge in [0.15, 0.2) is 10.2 Å². The Kier molecular flexibility index (Phi) is 4.13. The molecule has 0 aliphatic heterocycles. The Morgan fingerprint density at radius 2 is 2.00 bits per heavy atom. The molecule has 3 aromatic rings. The maximum Gasteiger partial charge on any atom is 0.190 e. The van der Waals surface area contributed by atoms with E-state index in [1.54, 1.807) is 11.3 Å². The Morgan fingerprint density at radius 1 is 1.19 bits per heavy atom. The lowest BCUT2D eigenvalue weighted by molar-refractivity contribution is 0.926. The van der Waals surface area contributed by atoms with E-state index in [2.05, 4.69) is 46.8 Å². The van der Waals surface area contributed by atoms with Gasteiger partial charge in [0.1, 0.15) is 0 Å². The second kappa shape index (κ2) is 6.20. The number of nitrogens with zero attached hydrogens (tertiary/aromatic N) is 1. The zero-order chi connectivity index (χ0) is 14.7. The van der Waals surface area contributed by atoms with Crippen LogP contribution in [0.5, 0.6) is 0 Å². The highest BCUT2D eigenvalue weighted by Crippen LogP contribution is 2.26. The van der Waals surface area contributed by atoms with Gasteiger partial charge < -0.3 is 10.6 Å². The average Bonchev–Trinajstić information content (AvgIpc) is 2.87. The molecule has 2 aromatic carbocycles. The highest BCUT2D eigenvalue weighted by Gasteiger charge is 2.05. The van der Waals surface area contributed by atoms with Crippen molar-refractivity contribution < 1.29 is 0 Å². The second-order valence-electron chi connectivity index (χ2n) is 4.78. The summed E-state index contributed by atoms with van der Waals surface area (Å²) in [7, 11) is 0. The van der Waals surface area contributed by atoms with E-state index < -0.39 is 0 Å². The van der Waals surface area contributed by atoms with Crippen molar-refractivity contribution in [3.8, 4) is 0 Å². The van der Waals surface area contributed by atoms with Gasteiger partial charge in [-0.25, -0.2) is 4.98 Å². The summed E-state index contributed by atoms with van der Waals surface area (Å²) in [5.74, 6) is 0. The highest BCUT2D eigenvalue weighted by molar-refractivity contribution is 7.80. The van der Waals surface area contributed by atoms with E-state index in [-0.39, 0.29) is 0 Å². The Balaban J connectivity index is 1.63. The summed E-state index contributed by atoms with van der Waals surface area (Å²) in [6.07, 6.45) is 0. The fourth-order valence-corrected chi connectivity index (χ4v) is 3.21. The molecule has 0 aliphatic rings. The quantitative estimate of drug-likeness (QED) is 0.714. The van der Waals surface area contributed by atoms with Crippen molar-refractivity contribution in [2.45, 2.75) is 13.5 Å². The van der Waals surface area contributed by atoms with Crippen LogP contribution in [0, 0.1) is 6.92 Å². The Hall–Kier alpha value is -1.98. The molecular weight excluding hydrogens is 298 g/mol. The maximum atomic E-state index is 5.31. The largest absolute Gasteiger partial charge is 0.358 e. The third-order valence-electron chi connectivity index (χ3n) is 3.06. The Morgan fingerprint density at radius 3 is 2.81 bits per heavy atom. The maximum absolute atomic E-state index is 5.31. The monoisotopic (exact) mass is 313 g/mol. The summed E-state index contributed by atoms with van der Waals surface area (Å²) in [4.78, 5) is 4.53. The van der Waals surface area contributed by atoms with Gasteiger partial charge >= 0.3 is 0 Å². The van der Waals surface area contributed by atoms with Gasteiger partial charge in [-0.15, -0.1) is 0 Å². The van der Waals surface area contributed by atoms with Crippen molar-refractivity contribution in [3.05, 3.63) is 59.7 Å². The first kappa shape index (κ1) is 14.0. The van der Waals surface area contributed by atoms with Crippen LogP contribution in [0.15, 0.2) is 48.5 Å². The minimum absolute atomic E-state index is 0.592. The van der Waals surface area contributed by atoms with E-state index in [9.17, 15) is 0 Å². The molecule has 1 heterocycles. The van der Waals surface area contributed by atoms with Crippen molar-refractivity contribution in [3.63, 3.8) is 0 Å². The van der Waals surface area contributed by atoms with Crippen LogP contribution in [0.3, 0.4) is 0 Å². The molecule has 0 amide bonds. The van der Waals surface area contributed by atoms with Crippen molar-refractivity contribution >= 4 is 44.0 Å².